The van der Waals surface area contributed by atoms with Crippen LogP contribution in [0.4, 0.5) is 0 Å². The lowest BCUT2D eigenvalue weighted by Crippen LogP contribution is -2.37. The highest BCUT2D eigenvalue weighted by molar-refractivity contribution is 5.81. The van der Waals surface area contributed by atoms with Gasteiger partial charge in [-0.3, -0.25) is 9.59 Å². The van der Waals surface area contributed by atoms with Crippen LogP contribution in [-0.4, -0.2) is 45.1 Å². The van der Waals surface area contributed by atoms with Crippen LogP contribution in [-0.2, 0) is 16.0 Å². The third kappa shape index (κ3) is 2.70. The Morgan fingerprint density at radius 3 is 2.88 bits per heavy atom. The monoisotopic (exact) mass is 333 g/mol. The number of fused-ring (bicyclic) bond motifs is 1. The van der Waals surface area contributed by atoms with Crippen LogP contribution >= 0.6 is 0 Å². The van der Waals surface area contributed by atoms with Crippen LogP contribution in [0.25, 0.3) is 0 Å². The second-order valence-corrected chi connectivity index (χ2v) is 7.50. The van der Waals surface area contributed by atoms with Gasteiger partial charge in [-0.2, -0.15) is 4.98 Å². The third-order valence-corrected chi connectivity index (χ3v) is 5.86. The first-order chi connectivity index (χ1) is 11.6. The van der Waals surface area contributed by atoms with Gasteiger partial charge in [0, 0.05) is 31.8 Å². The number of carboxylic acid groups (broad SMARTS) is 1. The number of aliphatic carboxylic acids is 1. The molecule has 1 N–H and O–H groups in total. The van der Waals surface area contributed by atoms with Gasteiger partial charge in [-0.1, -0.05) is 11.6 Å². The topological polar surface area (TPSA) is 96.5 Å². The largest absolute Gasteiger partial charge is 0.481 e. The zero-order valence-electron chi connectivity index (χ0n) is 13.7. The Morgan fingerprint density at radius 1 is 1.33 bits per heavy atom. The van der Waals surface area contributed by atoms with Crippen LogP contribution < -0.4 is 0 Å². The Labute approximate surface area is 140 Å². The molecule has 0 spiro atoms. The lowest BCUT2D eigenvalue weighted by Gasteiger charge is -2.23. The lowest BCUT2D eigenvalue weighted by molar-refractivity contribution is -0.149. The third-order valence-electron chi connectivity index (χ3n) is 5.86. The molecule has 2 atom stereocenters. The lowest BCUT2D eigenvalue weighted by atomic mass is 9.81. The van der Waals surface area contributed by atoms with E-state index >= 15 is 0 Å². The first-order valence-corrected chi connectivity index (χ1v) is 8.92. The summed E-state index contributed by atoms with van der Waals surface area (Å²) >= 11 is 0. The summed E-state index contributed by atoms with van der Waals surface area (Å²) in [5.41, 5.74) is -0.693. The van der Waals surface area contributed by atoms with Gasteiger partial charge in [-0.05, 0) is 38.0 Å². The van der Waals surface area contributed by atoms with Crippen LogP contribution in [0.1, 0.15) is 62.6 Å². The molecule has 2 aliphatic carbocycles. The van der Waals surface area contributed by atoms with Gasteiger partial charge in [0.15, 0.2) is 5.82 Å². The molecule has 3 fully saturated rings. The van der Waals surface area contributed by atoms with Gasteiger partial charge in [0.05, 0.1) is 5.41 Å². The molecule has 4 rings (SSSR count). The van der Waals surface area contributed by atoms with E-state index in [1.165, 1.54) is 0 Å². The van der Waals surface area contributed by atoms with Crippen molar-refractivity contribution in [3.63, 3.8) is 0 Å². The second kappa shape index (κ2) is 5.86. The number of nitrogens with zero attached hydrogens (tertiary/aromatic N) is 3. The summed E-state index contributed by atoms with van der Waals surface area (Å²) in [5, 5.41) is 13.6. The molecule has 24 heavy (non-hydrogen) atoms. The van der Waals surface area contributed by atoms with Gasteiger partial charge in [0.2, 0.25) is 11.8 Å². The fourth-order valence-electron chi connectivity index (χ4n) is 4.25. The Balaban J connectivity index is 1.28. The first kappa shape index (κ1) is 15.6. The summed E-state index contributed by atoms with van der Waals surface area (Å²) < 4.78 is 5.22. The predicted octanol–water partition coefficient (Wildman–Crippen LogP) is 1.98. The van der Waals surface area contributed by atoms with E-state index in [0.717, 1.165) is 31.5 Å². The van der Waals surface area contributed by atoms with E-state index in [2.05, 4.69) is 10.1 Å². The number of hydrogen-bond acceptors (Lipinski definition) is 5. The smallest absolute Gasteiger partial charge is 0.311 e. The minimum absolute atomic E-state index is 0.0481. The van der Waals surface area contributed by atoms with Crippen molar-refractivity contribution in [1.29, 1.82) is 0 Å². The van der Waals surface area contributed by atoms with Gasteiger partial charge >= 0.3 is 5.97 Å². The number of carbonyl (C=O) groups excluding carboxylic acids is 1. The number of amides is 1. The Bertz CT molecular complexity index is 654. The highest BCUT2D eigenvalue weighted by Gasteiger charge is 2.55. The molecule has 1 amide bonds. The summed E-state index contributed by atoms with van der Waals surface area (Å²) in [6.07, 6.45) is 6.52. The Hall–Kier alpha value is -1.92. The maximum Gasteiger partial charge on any atom is 0.311 e. The van der Waals surface area contributed by atoms with Crippen LogP contribution in [0.15, 0.2) is 4.52 Å². The number of likely N-dealkylation sites (tertiary alicyclic amines) is 1. The molecule has 1 aromatic heterocycles. The molecule has 1 saturated heterocycles. The van der Waals surface area contributed by atoms with Crippen molar-refractivity contribution in [2.24, 2.45) is 11.3 Å². The van der Waals surface area contributed by atoms with Gasteiger partial charge in [-0.25, -0.2) is 0 Å². The Morgan fingerprint density at radius 2 is 2.17 bits per heavy atom. The van der Waals surface area contributed by atoms with Crippen molar-refractivity contribution in [3.05, 3.63) is 11.7 Å². The van der Waals surface area contributed by atoms with E-state index in [0.29, 0.717) is 50.6 Å². The molecule has 130 valence electrons. The zero-order chi connectivity index (χ0) is 16.7. The SMILES string of the molecule is O=C(CCCc1nc(C2CC2)no1)N1C[C@@H]2CCC[C@@]2(C(=O)O)C1. The number of rotatable bonds is 6. The van der Waals surface area contributed by atoms with E-state index in [1.807, 2.05) is 0 Å². The molecule has 1 aliphatic heterocycles. The minimum Gasteiger partial charge on any atom is -0.481 e. The van der Waals surface area contributed by atoms with E-state index in [-0.39, 0.29) is 11.8 Å². The van der Waals surface area contributed by atoms with E-state index < -0.39 is 11.4 Å². The molecule has 2 saturated carbocycles. The zero-order valence-corrected chi connectivity index (χ0v) is 13.7. The van der Waals surface area contributed by atoms with E-state index in [9.17, 15) is 14.7 Å². The van der Waals surface area contributed by atoms with Crippen LogP contribution in [0.2, 0.25) is 0 Å². The maximum atomic E-state index is 12.4. The molecular weight excluding hydrogens is 310 g/mol. The molecule has 7 nitrogen and oxygen atoms in total. The number of carbonyl (C=O) groups is 2. The van der Waals surface area contributed by atoms with Gasteiger partial charge in [0.1, 0.15) is 0 Å². The molecule has 7 heteroatoms. The normalized spacial score (nSPS) is 29.0. The molecule has 3 aliphatic rings. The summed E-state index contributed by atoms with van der Waals surface area (Å²) in [4.78, 5) is 30.2. The maximum absolute atomic E-state index is 12.4. The molecule has 2 heterocycles. The van der Waals surface area contributed by atoms with Gasteiger partial charge in [-0.15, -0.1) is 0 Å². The number of hydrogen-bond donors (Lipinski definition) is 1. The van der Waals surface area contributed by atoms with Crippen LogP contribution in [0.5, 0.6) is 0 Å². The summed E-state index contributed by atoms with van der Waals surface area (Å²) in [7, 11) is 0. The molecule has 0 radical (unpaired) electrons. The first-order valence-electron chi connectivity index (χ1n) is 8.92. The fraction of sp³-hybridized carbons (Fsp3) is 0.765. The van der Waals surface area contributed by atoms with E-state index in [1.54, 1.807) is 4.90 Å². The van der Waals surface area contributed by atoms with Crippen molar-refractivity contribution in [2.75, 3.05) is 13.1 Å². The number of aromatic nitrogens is 2. The number of aryl methyl sites for hydroxylation is 1. The van der Waals surface area contributed by atoms with Crippen LogP contribution in [0.3, 0.4) is 0 Å². The van der Waals surface area contributed by atoms with Crippen molar-refractivity contribution in [2.45, 2.75) is 57.3 Å². The molecular formula is C17H23N3O4. The predicted molar refractivity (Wildman–Crippen MR) is 83.2 cm³/mol. The molecule has 0 aromatic carbocycles. The molecule has 1 aromatic rings. The van der Waals surface area contributed by atoms with Crippen molar-refractivity contribution in [1.82, 2.24) is 15.0 Å². The summed E-state index contributed by atoms with van der Waals surface area (Å²) in [5.74, 6) is 1.30. The van der Waals surface area contributed by atoms with Gasteiger partial charge in [0.25, 0.3) is 0 Å². The van der Waals surface area contributed by atoms with Crippen molar-refractivity contribution < 1.29 is 19.2 Å². The number of carboxylic acids is 1. The van der Waals surface area contributed by atoms with Crippen molar-refractivity contribution >= 4 is 11.9 Å². The average Bonchev–Trinajstić information content (AvgIpc) is 2.99. The van der Waals surface area contributed by atoms with E-state index in [4.69, 9.17) is 4.52 Å². The van der Waals surface area contributed by atoms with Gasteiger partial charge < -0.3 is 14.5 Å². The fourth-order valence-corrected chi connectivity index (χ4v) is 4.25. The van der Waals surface area contributed by atoms with Crippen LogP contribution in [0, 0.1) is 11.3 Å². The average molecular weight is 333 g/mol. The second-order valence-electron chi connectivity index (χ2n) is 7.50. The minimum atomic E-state index is -0.737. The Kier molecular flexibility index (Phi) is 3.81. The standard InChI is InChI=1S/C17H23N3O4/c21-14(5-1-4-13-18-15(19-24-13)11-6-7-11)20-9-12-3-2-8-17(12,10-20)16(22)23/h11-12H,1-10H2,(H,22,23)/t12-,17+/m0/s1. The molecule has 0 bridgehead atoms. The highest BCUT2D eigenvalue weighted by atomic mass is 16.5. The van der Waals surface area contributed by atoms with Crippen molar-refractivity contribution in [3.8, 4) is 0 Å². The summed E-state index contributed by atoms with van der Waals surface area (Å²) in [6, 6.07) is 0. The highest BCUT2D eigenvalue weighted by Crippen LogP contribution is 2.49. The summed E-state index contributed by atoms with van der Waals surface area (Å²) in [6.45, 7) is 0.968. The molecule has 0 unspecified atom stereocenters. The quantitative estimate of drug-likeness (QED) is 0.855.